The van der Waals surface area contributed by atoms with Crippen LogP contribution >= 0.6 is 0 Å². The summed E-state index contributed by atoms with van der Waals surface area (Å²) >= 11 is 0. The van der Waals surface area contributed by atoms with Crippen LogP contribution in [0.1, 0.15) is 20.8 Å². The van der Waals surface area contributed by atoms with Crippen molar-refractivity contribution in [1.29, 1.82) is 0 Å². The van der Waals surface area contributed by atoms with E-state index in [1.807, 2.05) is 0 Å². The lowest BCUT2D eigenvalue weighted by atomic mass is 10.2. The first-order chi connectivity index (χ1) is 3.55. The summed E-state index contributed by atoms with van der Waals surface area (Å²) in [6, 6.07) is 0. The third kappa shape index (κ3) is 2.05. The molecule has 0 aliphatic carbocycles. The Bertz CT molecular complexity index is 99.1. The molecule has 0 aromatic rings. The van der Waals surface area contributed by atoms with Gasteiger partial charge in [0.05, 0.1) is 0 Å². The molecule has 0 N–H and O–H groups in total. The molecule has 0 saturated heterocycles. The maximum atomic E-state index is 12.2. The number of allylic oxidation sites excluding steroid dienone is 2. The molecule has 0 aromatic carbocycles. The van der Waals surface area contributed by atoms with Crippen LogP contribution in [0.25, 0.3) is 0 Å². The molecule has 0 atom stereocenters. The Morgan fingerprint density at radius 1 is 1.25 bits per heavy atom. The normalized spacial score (nSPS) is 14.2. The zero-order chi connectivity index (χ0) is 6.73. The highest BCUT2D eigenvalue weighted by Crippen LogP contribution is 2.15. The standard InChI is InChI=1S/C6H10F2/c1-4(2)6(8)5(3)7/h4H,1-3H3/b6-5+. The van der Waals surface area contributed by atoms with Crippen molar-refractivity contribution in [2.24, 2.45) is 5.92 Å². The van der Waals surface area contributed by atoms with Crippen LogP contribution in [0.3, 0.4) is 0 Å². The number of halogens is 2. The van der Waals surface area contributed by atoms with E-state index in [9.17, 15) is 8.78 Å². The molecule has 0 spiro atoms. The van der Waals surface area contributed by atoms with Crippen molar-refractivity contribution in [3.05, 3.63) is 11.7 Å². The second kappa shape index (κ2) is 2.80. The van der Waals surface area contributed by atoms with Crippen molar-refractivity contribution >= 4 is 0 Å². The minimum absolute atomic E-state index is 0.319. The van der Waals surface area contributed by atoms with Gasteiger partial charge in [0, 0.05) is 5.92 Å². The summed E-state index contributed by atoms with van der Waals surface area (Å²) in [5.41, 5.74) is 0. The molecule has 0 aliphatic heterocycles. The summed E-state index contributed by atoms with van der Waals surface area (Å²) in [7, 11) is 0. The summed E-state index contributed by atoms with van der Waals surface area (Å²) in [6.07, 6.45) is 0. The molecule has 2 heteroatoms. The Morgan fingerprint density at radius 2 is 1.62 bits per heavy atom. The summed E-state index contributed by atoms with van der Waals surface area (Å²) in [4.78, 5) is 0. The van der Waals surface area contributed by atoms with E-state index < -0.39 is 11.7 Å². The first-order valence-electron chi connectivity index (χ1n) is 2.57. The number of hydrogen-bond acceptors (Lipinski definition) is 0. The molecule has 0 unspecified atom stereocenters. The molecule has 0 aliphatic rings. The zero-order valence-electron chi connectivity index (χ0n) is 5.33. The van der Waals surface area contributed by atoms with Crippen molar-refractivity contribution < 1.29 is 8.78 Å². The SMILES string of the molecule is C/C(F)=C(\F)C(C)C. The monoisotopic (exact) mass is 120 g/mol. The molecule has 0 saturated carbocycles. The Balaban J connectivity index is 4.00. The largest absolute Gasteiger partial charge is 0.209 e. The fourth-order valence-electron chi connectivity index (χ4n) is 0.398. The highest BCUT2D eigenvalue weighted by molar-refractivity contribution is 4.98. The number of hydrogen-bond donors (Lipinski definition) is 0. The van der Waals surface area contributed by atoms with Crippen LogP contribution in [0.15, 0.2) is 11.7 Å². The molecular formula is C6H10F2. The van der Waals surface area contributed by atoms with Gasteiger partial charge in [-0.2, -0.15) is 0 Å². The van der Waals surface area contributed by atoms with Gasteiger partial charge in [-0.05, 0) is 6.92 Å². The van der Waals surface area contributed by atoms with Crippen molar-refractivity contribution in [2.75, 3.05) is 0 Å². The van der Waals surface area contributed by atoms with Gasteiger partial charge in [0.15, 0.2) is 0 Å². The molecule has 0 aromatic heterocycles. The smallest absolute Gasteiger partial charge is 0.133 e. The average Bonchev–Trinajstić information content (AvgIpc) is 1.64. The van der Waals surface area contributed by atoms with Gasteiger partial charge in [-0.25, -0.2) is 8.78 Å². The lowest BCUT2D eigenvalue weighted by molar-refractivity contribution is 0.463. The first-order valence-corrected chi connectivity index (χ1v) is 2.57. The third-order valence-electron chi connectivity index (χ3n) is 0.836. The molecule has 0 fully saturated rings. The Morgan fingerprint density at radius 3 is 1.62 bits per heavy atom. The van der Waals surface area contributed by atoms with Crippen molar-refractivity contribution in [1.82, 2.24) is 0 Å². The lowest BCUT2D eigenvalue weighted by Crippen LogP contribution is -1.87. The minimum atomic E-state index is -0.708. The fourth-order valence-corrected chi connectivity index (χ4v) is 0.398. The molecule has 0 amide bonds. The Kier molecular flexibility index (Phi) is 2.66. The van der Waals surface area contributed by atoms with Gasteiger partial charge >= 0.3 is 0 Å². The predicted molar refractivity (Wildman–Crippen MR) is 29.8 cm³/mol. The van der Waals surface area contributed by atoms with Crippen LogP contribution < -0.4 is 0 Å². The van der Waals surface area contributed by atoms with E-state index in [2.05, 4.69) is 0 Å². The molecule has 48 valence electrons. The van der Waals surface area contributed by atoms with Gasteiger partial charge in [-0.3, -0.25) is 0 Å². The van der Waals surface area contributed by atoms with Gasteiger partial charge in [0.1, 0.15) is 11.7 Å². The third-order valence-corrected chi connectivity index (χ3v) is 0.836. The maximum absolute atomic E-state index is 12.2. The summed E-state index contributed by atoms with van der Waals surface area (Å²) < 4.78 is 24.0. The number of rotatable bonds is 1. The molecular weight excluding hydrogens is 110 g/mol. The van der Waals surface area contributed by atoms with Crippen LogP contribution in [0.4, 0.5) is 8.78 Å². The minimum Gasteiger partial charge on any atom is -0.209 e. The van der Waals surface area contributed by atoms with E-state index >= 15 is 0 Å². The molecule has 0 radical (unpaired) electrons. The van der Waals surface area contributed by atoms with Crippen LogP contribution in [0, 0.1) is 5.92 Å². The van der Waals surface area contributed by atoms with Gasteiger partial charge in [-0.15, -0.1) is 0 Å². The quantitative estimate of drug-likeness (QED) is 0.499. The summed E-state index contributed by atoms with van der Waals surface area (Å²) in [5, 5.41) is 0. The van der Waals surface area contributed by atoms with Crippen LogP contribution in [0.2, 0.25) is 0 Å². The van der Waals surface area contributed by atoms with E-state index in [1.165, 1.54) is 0 Å². The van der Waals surface area contributed by atoms with Crippen LogP contribution in [-0.2, 0) is 0 Å². The summed E-state index contributed by atoms with van der Waals surface area (Å²) in [6.45, 7) is 4.34. The van der Waals surface area contributed by atoms with E-state index in [-0.39, 0.29) is 5.92 Å². The van der Waals surface area contributed by atoms with E-state index in [4.69, 9.17) is 0 Å². The van der Waals surface area contributed by atoms with E-state index in [0.29, 0.717) is 0 Å². The molecule has 0 rings (SSSR count). The van der Waals surface area contributed by atoms with Gasteiger partial charge in [-0.1, -0.05) is 13.8 Å². The lowest BCUT2D eigenvalue weighted by Gasteiger charge is -1.98. The van der Waals surface area contributed by atoms with E-state index in [0.717, 1.165) is 6.92 Å². The van der Waals surface area contributed by atoms with Crippen molar-refractivity contribution in [3.8, 4) is 0 Å². The van der Waals surface area contributed by atoms with Gasteiger partial charge < -0.3 is 0 Å². The van der Waals surface area contributed by atoms with Gasteiger partial charge in [0.25, 0.3) is 0 Å². The zero-order valence-corrected chi connectivity index (χ0v) is 5.33. The van der Waals surface area contributed by atoms with E-state index in [1.54, 1.807) is 13.8 Å². The second-order valence-electron chi connectivity index (χ2n) is 2.04. The molecule has 0 heterocycles. The first kappa shape index (κ1) is 7.60. The topological polar surface area (TPSA) is 0 Å². The Labute approximate surface area is 48.2 Å². The van der Waals surface area contributed by atoms with Crippen molar-refractivity contribution in [3.63, 3.8) is 0 Å². The van der Waals surface area contributed by atoms with Crippen LogP contribution in [-0.4, -0.2) is 0 Å². The highest BCUT2D eigenvalue weighted by Gasteiger charge is 2.04. The van der Waals surface area contributed by atoms with Crippen LogP contribution in [0.5, 0.6) is 0 Å². The molecule has 0 bridgehead atoms. The van der Waals surface area contributed by atoms with Gasteiger partial charge in [0.2, 0.25) is 0 Å². The van der Waals surface area contributed by atoms with Crippen molar-refractivity contribution in [2.45, 2.75) is 20.8 Å². The maximum Gasteiger partial charge on any atom is 0.133 e. The average molecular weight is 120 g/mol. The second-order valence-corrected chi connectivity index (χ2v) is 2.04. The summed E-state index contributed by atoms with van der Waals surface area (Å²) in [5.74, 6) is -1.68. The highest BCUT2D eigenvalue weighted by atomic mass is 19.2. The Hall–Kier alpha value is -0.400. The predicted octanol–water partition coefficient (Wildman–Crippen LogP) is 2.81. The molecule has 8 heavy (non-hydrogen) atoms. The molecule has 0 nitrogen and oxygen atoms in total. The fraction of sp³-hybridized carbons (Fsp3) is 0.667.